The average molecular weight is 431 g/mol. The average Bonchev–Trinajstić information content (AvgIpc) is 2.79. The molecule has 2 rings (SSSR count). The van der Waals surface area contributed by atoms with Crippen molar-refractivity contribution in [3.63, 3.8) is 0 Å². The molecule has 0 aromatic heterocycles. The Morgan fingerprint density at radius 3 is 2.52 bits per heavy atom. The number of ether oxygens (including phenoxy) is 1. The van der Waals surface area contributed by atoms with Crippen LogP contribution in [0, 0.1) is 0 Å². The van der Waals surface area contributed by atoms with E-state index >= 15 is 0 Å². The quantitative estimate of drug-likeness (QED) is 0.207. The third-order valence-corrected chi connectivity index (χ3v) is 5.10. The lowest BCUT2D eigenvalue weighted by atomic mass is 10.1. The molecule has 2 aromatic carbocycles. The molecule has 5 N–H and O–H groups in total. The molecule has 0 saturated heterocycles. The molecule has 31 heavy (non-hydrogen) atoms. The molecule has 0 heterocycles. The van der Waals surface area contributed by atoms with Crippen LogP contribution in [0.3, 0.4) is 0 Å². The second kappa shape index (κ2) is 14.5. The molecular weight excluding hydrogens is 396 g/mol. The van der Waals surface area contributed by atoms with Crippen LogP contribution in [0.5, 0.6) is 5.75 Å². The van der Waals surface area contributed by atoms with Crippen molar-refractivity contribution in [2.24, 2.45) is 0 Å². The van der Waals surface area contributed by atoms with Gasteiger partial charge < -0.3 is 30.7 Å². The predicted octanol–water partition coefficient (Wildman–Crippen LogP) is 2.90. The summed E-state index contributed by atoms with van der Waals surface area (Å²) in [7, 11) is 0. The van der Waals surface area contributed by atoms with Gasteiger partial charge in [0.25, 0.3) is 0 Å². The van der Waals surface area contributed by atoms with E-state index in [0.717, 1.165) is 50.9 Å². The summed E-state index contributed by atoms with van der Waals surface area (Å²) in [6, 6.07) is 12.5. The van der Waals surface area contributed by atoms with Crippen LogP contribution >= 0.6 is 0 Å². The molecule has 0 fully saturated rings. The first-order valence-electron chi connectivity index (χ1n) is 10.8. The van der Waals surface area contributed by atoms with E-state index in [4.69, 9.17) is 4.74 Å². The summed E-state index contributed by atoms with van der Waals surface area (Å²) in [4.78, 5) is 10.4. The molecule has 0 radical (unpaired) electrons. The third kappa shape index (κ3) is 9.48. The van der Waals surface area contributed by atoms with Crippen LogP contribution < -0.4 is 10.6 Å². The molecule has 1 amide bonds. The summed E-state index contributed by atoms with van der Waals surface area (Å²) in [6.07, 6.45) is 5.13. The summed E-state index contributed by atoms with van der Waals surface area (Å²) >= 11 is 0. The summed E-state index contributed by atoms with van der Waals surface area (Å²) in [5.41, 5.74) is 3.08. The zero-order chi connectivity index (χ0) is 22.3. The summed E-state index contributed by atoms with van der Waals surface area (Å²) in [5.74, 6) is 0.0395. The molecule has 0 bridgehead atoms. The SMILES string of the molecule is O=CNc1ccc(CCOCCCCCCNCC(O)c2ccc(O)c(CO)c2)cc1. The highest BCUT2D eigenvalue weighted by Crippen LogP contribution is 2.22. The molecule has 0 aliphatic heterocycles. The van der Waals surface area contributed by atoms with E-state index in [2.05, 4.69) is 10.6 Å². The van der Waals surface area contributed by atoms with E-state index in [0.29, 0.717) is 30.7 Å². The molecule has 0 spiro atoms. The lowest BCUT2D eigenvalue weighted by molar-refractivity contribution is -0.105. The number of rotatable bonds is 16. The number of hydrogen-bond donors (Lipinski definition) is 5. The number of aliphatic hydroxyl groups excluding tert-OH is 2. The number of nitrogens with one attached hydrogen (secondary N) is 2. The Bertz CT molecular complexity index is 767. The number of benzene rings is 2. The molecule has 7 nitrogen and oxygen atoms in total. The number of carbonyl (C=O) groups is 1. The fraction of sp³-hybridized carbons (Fsp3) is 0.458. The van der Waals surface area contributed by atoms with Crippen molar-refractivity contribution in [1.82, 2.24) is 5.32 Å². The first-order valence-corrected chi connectivity index (χ1v) is 10.8. The van der Waals surface area contributed by atoms with Gasteiger partial charge in [0.05, 0.1) is 19.3 Å². The predicted molar refractivity (Wildman–Crippen MR) is 121 cm³/mol. The second-order valence-corrected chi connectivity index (χ2v) is 7.50. The first-order chi connectivity index (χ1) is 15.1. The Morgan fingerprint density at radius 2 is 1.77 bits per heavy atom. The molecule has 1 unspecified atom stereocenters. The van der Waals surface area contributed by atoms with Gasteiger partial charge in [0.1, 0.15) is 5.75 Å². The van der Waals surface area contributed by atoms with Crippen LogP contribution in [-0.2, 0) is 22.6 Å². The Labute approximate surface area is 184 Å². The standard InChI is InChI=1S/C24H34N2O5/c27-17-21-15-20(7-10-23(21)29)24(30)16-25-12-3-1-2-4-13-31-14-11-19-5-8-22(9-6-19)26-18-28/h5-10,15,18,24-25,27,29-30H,1-4,11-14,16-17H2,(H,26,28). The molecule has 7 heteroatoms. The molecule has 2 aromatic rings. The van der Waals surface area contributed by atoms with Crippen molar-refractivity contribution in [2.45, 2.75) is 44.8 Å². The van der Waals surface area contributed by atoms with Gasteiger partial charge in [-0.3, -0.25) is 4.79 Å². The normalized spacial score (nSPS) is 11.9. The van der Waals surface area contributed by atoms with Gasteiger partial charge in [-0.2, -0.15) is 0 Å². The van der Waals surface area contributed by atoms with E-state index in [9.17, 15) is 20.1 Å². The number of unbranched alkanes of at least 4 members (excludes halogenated alkanes) is 3. The molecule has 170 valence electrons. The van der Waals surface area contributed by atoms with Crippen LogP contribution in [0.2, 0.25) is 0 Å². The second-order valence-electron chi connectivity index (χ2n) is 7.50. The van der Waals surface area contributed by atoms with Gasteiger partial charge >= 0.3 is 0 Å². The Morgan fingerprint density at radius 1 is 1.00 bits per heavy atom. The maximum Gasteiger partial charge on any atom is 0.211 e. The fourth-order valence-electron chi connectivity index (χ4n) is 3.23. The van der Waals surface area contributed by atoms with E-state index in [1.807, 2.05) is 24.3 Å². The van der Waals surface area contributed by atoms with E-state index in [1.165, 1.54) is 11.6 Å². The van der Waals surface area contributed by atoms with Crippen molar-refractivity contribution < 1.29 is 24.9 Å². The van der Waals surface area contributed by atoms with Crippen LogP contribution in [-0.4, -0.2) is 48.0 Å². The number of hydrogen-bond acceptors (Lipinski definition) is 6. The van der Waals surface area contributed by atoms with Gasteiger partial charge in [-0.15, -0.1) is 0 Å². The smallest absolute Gasteiger partial charge is 0.211 e. The van der Waals surface area contributed by atoms with Gasteiger partial charge in [-0.25, -0.2) is 0 Å². The van der Waals surface area contributed by atoms with Crippen LogP contribution in [0.25, 0.3) is 0 Å². The van der Waals surface area contributed by atoms with Crippen molar-refractivity contribution in [2.75, 3.05) is 31.6 Å². The summed E-state index contributed by atoms with van der Waals surface area (Å²) in [6.45, 7) is 2.46. The number of aliphatic hydroxyl groups is 2. The highest BCUT2D eigenvalue weighted by Gasteiger charge is 2.09. The van der Waals surface area contributed by atoms with Gasteiger partial charge in [0.15, 0.2) is 0 Å². The van der Waals surface area contributed by atoms with Gasteiger partial charge in [-0.1, -0.05) is 31.0 Å². The number of carbonyl (C=O) groups excluding carboxylic acids is 1. The Kier molecular flexibility index (Phi) is 11.6. The molecule has 0 aliphatic rings. The minimum Gasteiger partial charge on any atom is -0.508 e. The van der Waals surface area contributed by atoms with Crippen molar-refractivity contribution in [3.8, 4) is 5.75 Å². The van der Waals surface area contributed by atoms with E-state index < -0.39 is 6.10 Å². The molecule has 0 saturated carbocycles. The van der Waals surface area contributed by atoms with Crippen LogP contribution in [0.1, 0.15) is 48.5 Å². The van der Waals surface area contributed by atoms with Crippen LogP contribution in [0.4, 0.5) is 5.69 Å². The minimum absolute atomic E-state index is 0.0395. The first kappa shape index (κ1) is 24.8. The van der Waals surface area contributed by atoms with Gasteiger partial charge in [0.2, 0.25) is 6.41 Å². The molecule has 1 atom stereocenters. The van der Waals surface area contributed by atoms with E-state index in [-0.39, 0.29) is 12.4 Å². The molecular formula is C24H34N2O5. The summed E-state index contributed by atoms with van der Waals surface area (Å²) < 4.78 is 5.69. The van der Waals surface area contributed by atoms with E-state index in [1.54, 1.807) is 12.1 Å². The topological polar surface area (TPSA) is 111 Å². The largest absolute Gasteiger partial charge is 0.508 e. The van der Waals surface area contributed by atoms with Gasteiger partial charge in [0, 0.05) is 24.4 Å². The molecule has 0 aliphatic carbocycles. The number of anilines is 1. The van der Waals surface area contributed by atoms with Gasteiger partial charge in [-0.05, 0) is 61.2 Å². The highest BCUT2D eigenvalue weighted by atomic mass is 16.5. The Balaban J connectivity index is 1.44. The third-order valence-electron chi connectivity index (χ3n) is 5.10. The lowest BCUT2D eigenvalue weighted by Gasteiger charge is -2.14. The zero-order valence-corrected chi connectivity index (χ0v) is 17.9. The summed E-state index contributed by atoms with van der Waals surface area (Å²) in [5, 5.41) is 34.8. The maximum absolute atomic E-state index is 10.4. The lowest BCUT2D eigenvalue weighted by Crippen LogP contribution is -2.22. The number of aromatic hydroxyl groups is 1. The zero-order valence-electron chi connectivity index (χ0n) is 17.9. The minimum atomic E-state index is -0.670. The van der Waals surface area contributed by atoms with Crippen LogP contribution in [0.15, 0.2) is 42.5 Å². The highest BCUT2D eigenvalue weighted by molar-refractivity contribution is 5.71. The number of phenols is 1. The fourth-order valence-corrected chi connectivity index (χ4v) is 3.23. The van der Waals surface area contributed by atoms with Crippen molar-refractivity contribution >= 4 is 12.1 Å². The van der Waals surface area contributed by atoms with Crippen molar-refractivity contribution in [3.05, 3.63) is 59.2 Å². The van der Waals surface area contributed by atoms with Crippen molar-refractivity contribution in [1.29, 1.82) is 0 Å². The Hall–Kier alpha value is -2.45. The maximum atomic E-state index is 10.4. The number of amides is 1. The monoisotopic (exact) mass is 430 g/mol.